The van der Waals surface area contributed by atoms with Crippen LogP contribution in [0.5, 0.6) is 11.5 Å². The number of primary amides is 1. The van der Waals surface area contributed by atoms with Crippen LogP contribution in [0.3, 0.4) is 0 Å². The molecule has 3 heterocycles. The molecule has 1 atom stereocenters. The predicted octanol–water partition coefficient (Wildman–Crippen LogP) is 2.29. The second-order valence-corrected chi connectivity index (χ2v) is 7.69. The van der Waals surface area contributed by atoms with Crippen molar-refractivity contribution in [1.29, 1.82) is 0 Å². The number of carbonyl (C=O) groups excluding carboxylic acids is 2. The maximum atomic E-state index is 13.6. The molecule has 10 nitrogen and oxygen atoms in total. The Morgan fingerprint density at radius 1 is 1.16 bits per heavy atom. The number of likely N-dealkylation sites (tertiary alicyclic amines) is 1. The average molecular weight is 438 g/mol. The van der Waals surface area contributed by atoms with Crippen LogP contribution in [0.2, 0.25) is 0 Å². The van der Waals surface area contributed by atoms with Crippen LogP contribution in [0.1, 0.15) is 52.0 Å². The Balaban J connectivity index is 1.67. The van der Waals surface area contributed by atoms with E-state index < -0.39 is 5.91 Å². The summed E-state index contributed by atoms with van der Waals surface area (Å²) in [6, 6.07) is 8.60. The van der Waals surface area contributed by atoms with Crippen LogP contribution in [0.4, 0.5) is 0 Å². The summed E-state index contributed by atoms with van der Waals surface area (Å²) >= 11 is 0. The average Bonchev–Trinajstić information content (AvgIpc) is 3.45. The Hall–Kier alpha value is -3.82. The number of piperidine rings is 1. The highest BCUT2D eigenvalue weighted by molar-refractivity contribution is 5.94. The molecule has 10 heteroatoms. The molecule has 2 amide bonds. The number of rotatable bonds is 6. The maximum absolute atomic E-state index is 13.6. The number of carbonyl (C=O) groups is 2. The van der Waals surface area contributed by atoms with Crippen LogP contribution in [-0.2, 0) is 7.05 Å². The monoisotopic (exact) mass is 438 g/mol. The highest BCUT2D eigenvalue weighted by Crippen LogP contribution is 2.35. The van der Waals surface area contributed by atoms with Gasteiger partial charge >= 0.3 is 0 Å². The molecule has 168 valence electrons. The van der Waals surface area contributed by atoms with Crippen molar-refractivity contribution >= 4 is 11.8 Å². The predicted molar refractivity (Wildman–Crippen MR) is 116 cm³/mol. The SMILES string of the molecule is COc1ccc(OC)c(-c2cc(C(=O)N3CCCCC3c3cc(C(N)=O)n[nH]3)n(C)n2)c1. The summed E-state index contributed by atoms with van der Waals surface area (Å²) in [5.41, 5.74) is 7.98. The first-order valence-corrected chi connectivity index (χ1v) is 10.4. The molecule has 4 rings (SSSR count). The maximum Gasteiger partial charge on any atom is 0.272 e. The normalized spacial score (nSPS) is 16.1. The minimum absolute atomic E-state index is 0.145. The number of methoxy groups -OCH3 is 2. The number of benzene rings is 1. The number of aromatic amines is 1. The van der Waals surface area contributed by atoms with Crippen LogP contribution in [0.15, 0.2) is 30.3 Å². The van der Waals surface area contributed by atoms with E-state index >= 15 is 0 Å². The quantitative estimate of drug-likeness (QED) is 0.608. The van der Waals surface area contributed by atoms with Crippen molar-refractivity contribution in [2.24, 2.45) is 12.8 Å². The van der Waals surface area contributed by atoms with Crippen molar-refractivity contribution in [3.05, 3.63) is 47.4 Å². The van der Waals surface area contributed by atoms with Gasteiger partial charge in [-0.15, -0.1) is 0 Å². The molecule has 1 aliphatic rings. The zero-order valence-electron chi connectivity index (χ0n) is 18.3. The Morgan fingerprint density at radius 2 is 1.97 bits per heavy atom. The minimum Gasteiger partial charge on any atom is -0.497 e. The van der Waals surface area contributed by atoms with Gasteiger partial charge in [0, 0.05) is 19.2 Å². The summed E-state index contributed by atoms with van der Waals surface area (Å²) in [6.07, 6.45) is 2.63. The van der Waals surface area contributed by atoms with E-state index in [4.69, 9.17) is 15.2 Å². The highest BCUT2D eigenvalue weighted by Gasteiger charge is 2.32. The summed E-state index contributed by atoms with van der Waals surface area (Å²) in [5, 5.41) is 11.4. The summed E-state index contributed by atoms with van der Waals surface area (Å²) in [7, 11) is 4.92. The van der Waals surface area contributed by atoms with Gasteiger partial charge in [-0.1, -0.05) is 0 Å². The lowest BCUT2D eigenvalue weighted by atomic mass is 9.98. The summed E-state index contributed by atoms with van der Waals surface area (Å²) in [6.45, 7) is 0.595. The van der Waals surface area contributed by atoms with E-state index in [0.717, 1.165) is 24.8 Å². The van der Waals surface area contributed by atoms with Gasteiger partial charge in [-0.05, 0) is 49.6 Å². The number of nitrogens with one attached hydrogen (secondary N) is 1. The number of aryl methyl sites for hydroxylation is 1. The van der Waals surface area contributed by atoms with E-state index in [0.29, 0.717) is 35.1 Å². The summed E-state index contributed by atoms with van der Waals surface area (Å²) < 4.78 is 12.4. The van der Waals surface area contributed by atoms with Gasteiger partial charge in [-0.2, -0.15) is 10.2 Å². The van der Waals surface area contributed by atoms with E-state index in [1.807, 2.05) is 6.07 Å². The molecule has 0 saturated carbocycles. The Labute approximate surface area is 185 Å². The molecular formula is C22H26N6O4. The largest absolute Gasteiger partial charge is 0.497 e. The first kappa shape index (κ1) is 21.4. The van der Waals surface area contributed by atoms with Gasteiger partial charge in [-0.3, -0.25) is 19.4 Å². The van der Waals surface area contributed by atoms with Gasteiger partial charge in [0.1, 0.15) is 22.9 Å². The van der Waals surface area contributed by atoms with Crippen LogP contribution in [0, 0.1) is 0 Å². The molecule has 3 aromatic rings. The van der Waals surface area contributed by atoms with Gasteiger partial charge in [0.2, 0.25) is 0 Å². The van der Waals surface area contributed by atoms with Crippen molar-refractivity contribution in [1.82, 2.24) is 24.9 Å². The fourth-order valence-corrected chi connectivity index (χ4v) is 4.09. The standard InChI is InChI=1S/C22H26N6O4/c1-27-19(12-15(26-27)14-10-13(31-2)7-8-20(14)32-3)22(30)28-9-5-4-6-18(28)16-11-17(21(23)29)25-24-16/h7-8,10-12,18H,4-6,9H2,1-3H3,(H2,23,29)(H,24,25). The van der Waals surface area contributed by atoms with Gasteiger partial charge in [0.15, 0.2) is 0 Å². The third-order valence-corrected chi connectivity index (χ3v) is 5.75. The van der Waals surface area contributed by atoms with Crippen molar-refractivity contribution in [2.45, 2.75) is 25.3 Å². The third-order valence-electron chi connectivity index (χ3n) is 5.75. The lowest BCUT2D eigenvalue weighted by Gasteiger charge is -2.35. The first-order valence-electron chi connectivity index (χ1n) is 10.4. The molecule has 0 spiro atoms. The molecule has 0 bridgehead atoms. The molecule has 3 N–H and O–H groups in total. The van der Waals surface area contributed by atoms with E-state index in [-0.39, 0.29) is 17.6 Å². The van der Waals surface area contributed by atoms with E-state index in [2.05, 4.69) is 15.3 Å². The smallest absolute Gasteiger partial charge is 0.272 e. The fraction of sp³-hybridized carbons (Fsp3) is 0.364. The zero-order valence-corrected chi connectivity index (χ0v) is 18.3. The number of nitrogens with two attached hydrogens (primary N) is 1. The minimum atomic E-state index is -0.607. The van der Waals surface area contributed by atoms with Gasteiger partial charge in [0.05, 0.1) is 31.6 Å². The molecule has 1 aromatic carbocycles. The number of ether oxygens (including phenoxy) is 2. The fourth-order valence-electron chi connectivity index (χ4n) is 4.09. The number of aromatic nitrogens is 4. The van der Waals surface area contributed by atoms with Crippen molar-refractivity contribution in [3.8, 4) is 22.8 Å². The topological polar surface area (TPSA) is 128 Å². The number of amides is 2. The molecule has 1 unspecified atom stereocenters. The number of hydrogen-bond donors (Lipinski definition) is 2. The number of H-pyrrole nitrogens is 1. The lowest BCUT2D eigenvalue weighted by molar-refractivity contribution is 0.0594. The summed E-state index contributed by atoms with van der Waals surface area (Å²) in [4.78, 5) is 26.8. The molecular weight excluding hydrogens is 412 g/mol. The number of hydrogen-bond acceptors (Lipinski definition) is 6. The Kier molecular flexibility index (Phi) is 5.85. The Morgan fingerprint density at radius 3 is 2.66 bits per heavy atom. The summed E-state index contributed by atoms with van der Waals surface area (Å²) in [5.74, 6) is 0.549. The first-order chi connectivity index (χ1) is 15.4. The second kappa shape index (κ2) is 8.74. The van der Waals surface area contributed by atoms with Crippen molar-refractivity contribution in [3.63, 3.8) is 0 Å². The van der Waals surface area contributed by atoms with E-state index in [1.165, 1.54) is 0 Å². The van der Waals surface area contributed by atoms with Crippen LogP contribution in [-0.4, -0.2) is 57.5 Å². The lowest BCUT2D eigenvalue weighted by Crippen LogP contribution is -2.39. The zero-order chi connectivity index (χ0) is 22.8. The second-order valence-electron chi connectivity index (χ2n) is 7.69. The molecule has 1 saturated heterocycles. The van der Waals surface area contributed by atoms with Crippen LogP contribution < -0.4 is 15.2 Å². The van der Waals surface area contributed by atoms with E-state index in [1.54, 1.807) is 55.1 Å². The van der Waals surface area contributed by atoms with Gasteiger partial charge < -0.3 is 20.1 Å². The highest BCUT2D eigenvalue weighted by atomic mass is 16.5. The van der Waals surface area contributed by atoms with E-state index in [9.17, 15) is 9.59 Å². The molecule has 0 aliphatic carbocycles. The number of nitrogens with zero attached hydrogens (tertiary/aromatic N) is 4. The van der Waals surface area contributed by atoms with Gasteiger partial charge in [-0.25, -0.2) is 0 Å². The molecule has 1 aliphatic heterocycles. The Bertz CT molecular complexity index is 1150. The van der Waals surface area contributed by atoms with Crippen LogP contribution in [0.25, 0.3) is 11.3 Å². The third kappa shape index (κ3) is 3.91. The molecule has 2 aromatic heterocycles. The van der Waals surface area contributed by atoms with Crippen molar-refractivity contribution < 1.29 is 19.1 Å². The van der Waals surface area contributed by atoms with Crippen molar-refractivity contribution in [2.75, 3.05) is 20.8 Å². The van der Waals surface area contributed by atoms with Gasteiger partial charge in [0.25, 0.3) is 11.8 Å². The molecule has 32 heavy (non-hydrogen) atoms. The molecule has 0 radical (unpaired) electrons. The molecule has 1 fully saturated rings. The van der Waals surface area contributed by atoms with Crippen LogP contribution >= 0.6 is 0 Å².